The number of pyridine rings is 1. The van der Waals surface area contributed by atoms with Crippen LogP contribution in [0.2, 0.25) is 10.0 Å². The minimum Gasteiger partial charge on any atom is -0.473 e. The van der Waals surface area contributed by atoms with Crippen LogP contribution in [0.3, 0.4) is 0 Å². The molecule has 0 aliphatic carbocycles. The molecule has 1 aliphatic heterocycles. The van der Waals surface area contributed by atoms with Crippen molar-refractivity contribution in [2.24, 2.45) is 0 Å². The first-order valence-electron chi connectivity index (χ1n) is 7.58. The molecule has 0 unspecified atom stereocenters. The second-order valence-corrected chi connectivity index (χ2v) is 6.25. The summed E-state index contributed by atoms with van der Waals surface area (Å²) in [5, 5.41) is 3.67. The number of benzene rings is 1. The molecule has 0 radical (unpaired) electrons. The molecule has 2 aromatic rings. The Morgan fingerprint density at radius 2 is 1.92 bits per heavy atom. The molecular formula is C17H16Cl2N2O3. The molecule has 0 bridgehead atoms. The number of aromatic nitrogens is 1. The van der Waals surface area contributed by atoms with Gasteiger partial charge < -0.3 is 14.8 Å². The topological polar surface area (TPSA) is 60.5 Å². The Kier molecular flexibility index (Phi) is 5.56. The molecule has 0 atom stereocenters. The SMILES string of the molecule is O=C(Nc1ccc(Cl)cc1)c1cnc(OC2CCOCC2)c(Cl)c1. The van der Waals surface area contributed by atoms with Gasteiger partial charge in [0.15, 0.2) is 0 Å². The molecular weight excluding hydrogens is 351 g/mol. The maximum absolute atomic E-state index is 12.3. The highest BCUT2D eigenvalue weighted by molar-refractivity contribution is 6.32. The zero-order chi connectivity index (χ0) is 16.9. The Balaban J connectivity index is 1.66. The van der Waals surface area contributed by atoms with E-state index in [0.717, 1.165) is 12.8 Å². The lowest BCUT2D eigenvalue weighted by Gasteiger charge is -2.23. The van der Waals surface area contributed by atoms with E-state index in [1.165, 1.54) is 6.20 Å². The second kappa shape index (κ2) is 7.83. The van der Waals surface area contributed by atoms with Crippen LogP contribution in [0.25, 0.3) is 0 Å². The zero-order valence-electron chi connectivity index (χ0n) is 12.8. The van der Waals surface area contributed by atoms with Gasteiger partial charge in [-0.3, -0.25) is 4.79 Å². The van der Waals surface area contributed by atoms with Crippen molar-refractivity contribution in [3.63, 3.8) is 0 Å². The van der Waals surface area contributed by atoms with E-state index < -0.39 is 0 Å². The largest absolute Gasteiger partial charge is 0.473 e. The number of nitrogens with one attached hydrogen (secondary N) is 1. The van der Waals surface area contributed by atoms with Gasteiger partial charge in [0, 0.05) is 29.7 Å². The second-order valence-electron chi connectivity index (χ2n) is 5.40. The lowest BCUT2D eigenvalue weighted by Crippen LogP contribution is -2.26. The number of amides is 1. The number of carbonyl (C=O) groups is 1. The van der Waals surface area contributed by atoms with Gasteiger partial charge in [-0.05, 0) is 30.3 Å². The summed E-state index contributed by atoms with van der Waals surface area (Å²) in [7, 11) is 0. The Labute approximate surface area is 149 Å². The summed E-state index contributed by atoms with van der Waals surface area (Å²) in [5.74, 6) is 0.0379. The molecule has 126 valence electrons. The lowest BCUT2D eigenvalue weighted by atomic mass is 10.1. The van der Waals surface area contributed by atoms with Crippen LogP contribution in [0.1, 0.15) is 23.2 Å². The molecule has 0 spiro atoms. The summed E-state index contributed by atoms with van der Waals surface area (Å²) in [6, 6.07) is 8.39. The number of halogens is 2. The first kappa shape index (κ1) is 17.0. The Bertz CT molecular complexity index is 716. The first-order chi connectivity index (χ1) is 11.6. The van der Waals surface area contributed by atoms with Gasteiger partial charge >= 0.3 is 0 Å². The quantitative estimate of drug-likeness (QED) is 0.880. The van der Waals surface area contributed by atoms with Crippen LogP contribution in [0, 0.1) is 0 Å². The standard InChI is InChI=1S/C17H16Cl2N2O3/c18-12-1-3-13(4-2-12)21-16(22)11-9-15(19)17(20-10-11)24-14-5-7-23-8-6-14/h1-4,9-10,14H,5-8H2,(H,21,22). The molecule has 5 nitrogen and oxygen atoms in total. The molecule has 1 fully saturated rings. The fourth-order valence-electron chi connectivity index (χ4n) is 2.32. The summed E-state index contributed by atoms with van der Waals surface area (Å²) in [6.45, 7) is 1.34. The number of nitrogens with zero attached hydrogens (tertiary/aromatic N) is 1. The molecule has 7 heteroatoms. The minimum absolute atomic E-state index is 0.0393. The van der Waals surface area contributed by atoms with Gasteiger partial charge in [-0.1, -0.05) is 23.2 Å². The monoisotopic (exact) mass is 366 g/mol. The van der Waals surface area contributed by atoms with Gasteiger partial charge in [0.05, 0.1) is 18.8 Å². The van der Waals surface area contributed by atoms with Crippen LogP contribution in [-0.4, -0.2) is 30.2 Å². The molecule has 1 amide bonds. The van der Waals surface area contributed by atoms with E-state index in [1.54, 1.807) is 30.3 Å². The molecule has 1 aromatic heterocycles. The van der Waals surface area contributed by atoms with Crippen molar-refractivity contribution in [1.29, 1.82) is 0 Å². The van der Waals surface area contributed by atoms with Crippen molar-refractivity contribution < 1.29 is 14.3 Å². The number of hydrogen-bond donors (Lipinski definition) is 1. The van der Waals surface area contributed by atoms with Crippen LogP contribution in [0.4, 0.5) is 5.69 Å². The highest BCUT2D eigenvalue weighted by Gasteiger charge is 2.18. The van der Waals surface area contributed by atoms with Crippen LogP contribution in [-0.2, 0) is 4.74 Å². The van der Waals surface area contributed by atoms with Gasteiger partial charge in [-0.2, -0.15) is 0 Å². The van der Waals surface area contributed by atoms with E-state index in [4.69, 9.17) is 32.7 Å². The van der Waals surface area contributed by atoms with Gasteiger partial charge in [-0.25, -0.2) is 4.98 Å². The minimum atomic E-state index is -0.302. The molecule has 1 saturated heterocycles. The maximum Gasteiger partial charge on any atom is 0.257 e. The fraction of sp³-hybridized carbons (Fsp3) is 0.294. The van der Waals surface area contributed by atoms with Crippen molar-refractivity contribution in [3.05, 3.63) is 52.1 Å². The molecule has 3 rings (SSSR count). The average molecular weight is 367 g/mol. The third kappa shape index (κ3) is 4.38. The summed E-state index contributed by atoms with van der Waals surface area (Å²) < 4.78 is 11.1. The van der Waals surface area contributed by atoms with E-state index in [2.05, 4.69) is 10.3 Å². The van der Waals surface area contributed by atoms with Crippen molar-refractivity contribution in [3.8, 4) is 5.88 Å². The van der Waals surface area contributed by atoms with Crippen molar-refractivity contribution in [1.82, 2.24) is 4.98 Å². The highest BCUT2D eigenvalue weighted by Crippen LogP contribution is 2.26. The molecule has 2 heterocycles. The van der Waals surface area contributed by atoms with Gasteiger partial charge in [0.25, 0.3) is 5.91 Å². The molecule has 0 saturated carbocycles. The van der Waals surface area contributed by atoms with Crippen molar-refractivity contribution in [2.75, 3.05) is 18.5 Å². The van der Waals surface area contributed by atoms with Gasteiger partial charge in [-0.15, -0.1) is 0 Å². The third-order valence-electron chi connectivity index (χ3n) is 3.62. The van der Waals surface area contributed by atoms with E-state index in [0.29, 0.717) is 40.4 Å². The van der Waals surface area contributed by atoms with Crippen molar-refractivity contribution >= 4 is 34.8 Å². The normalized spacial score (nSPS) is 15.1. The fourth-order valence-corrected chi connectivity index (χ4v) is 2.66. The van der Waals surface area contributed by atoms with E-state index >= 15 is 0 Å². The Hall–Kier alpha value is -1.82. The van der Waals surface area contributed by atoms with Gasteiger partial charge in [0.1, 0.15) is 11.1 Å². The van der Waals surface area contributed by atoms with E-state index in [-0.39, 0.29) is 12.0 Å². The highest BCUT2D eigenvalue weighted by atomic mass is 35.5. The predicted molar refractivity (Wildman–Crippen MR) is 93.1 cm³/mol. The zero-order valence-corrected chi connectivity index (χ0v) is 14.3. The summed E-state index contributed by atoms with van der Waals surface area (Å²) in [6.07, 6.45) is 3.09. The smallest absolute Gasteiger partial charge is 0.257 e. The maximum atomic E-state index is 12.3. The number of anilines is 1. The van der Waals surface area contributed by atoms with Crippen LogP contribution < -0.4 is 10.1 Å². The van der Waals surface area contributed by atoms with Crippen LogP contribution in [0.15, 0.2) is 36.5 Å². The Morgan fingerprint density at radius 3 is 2.58 bits per heavy atom. The number of rotatable bonds is 4. The summed E-state index contributed by atoms with van der Waals surface area (Å²) >= 11 is 12.0. The summed E-state index contributed by atoms with van der Waals surface area (Å²) in [5.41, 5.74) is 0.998. The number of carbonyl (C=O) groups excluding carboxylic acids is 1. The number of hydrogen-bond acceptors (Lipinski definition) is 4. The molecule has 1 N–H and O–H groups in total. The first-order valence-corrected chi connectivity index (χ1v) is 8.34. The van der Waals surface area contributed by atoms with Crippen molar-refractivity contribution in [2.45, 2.75) is 18.9 Å². The molecule has 24 heavy (non-hydrogen) atoms. The predicted octanol–water partition coefficient (Wildman–Crippen LogP) is 4.20. The molecule has 1 aromatic carbocycles. The average Bonchev–Trinajstić information content (AvgIpc) is 2.59. The van der Waals surface area contributed by atoms with E-state index in [1.807, 2.05) is 0 Å². The van der Waals surface area contributed by atoms with Crippen LogP contribution >= 0.6 is 23.2 Å². The lowest BCUT2D eigenvalue weighted by molar-refractivity contribution is 0.0238. The van der Waals surface area contributed by atoms with Crippen LogP contribution in [0.5, 0.6) is 5.88 Å². The van der Waals surface area contributed by atoms with Gasteiger partial charge in [0.2, 0.25) is 5.88 Å². The number of ether oxygens (including phenoxy) is 2. The molecule has 1 aliphatic rings. The van der Waals surface area contributed by atoms with E-state index in [9.17, 15) is 4.79 Å². The Morgan fingerprint density at radius 1 is 1.21 bits per heavy atom. The summed E-state index contributed by atoms with van der Waals surface area (Å²) in [4.78, 5) is 16.4. The third-order valence-corrected chi connectivity index (χ3v) is 4.14.